The van der Waals surface area contributed by atoms with Crippen molar-refractivity contribution < 1.29 is 44.8 Å². The number of esters is 2. The summed E-state index contributed by atoms with van der Waals surface area (Å²) in [6, 6.07) is 8.78. The molecular formula is C19H17F3O7S. The molecule has 11 heteroatoms. The van der Waals surface area contributed by atoms with Crippen molar-refractivity contribution in [2.45, 2.75) is 19.4 Å². The number of benzene rings is 2. The molecule has 0 fully saturated rings. The highest BCUT2D eigenvalue weighted by molar-refractivity contribution is 7.88. The normalized spacial score (nSPS) is 11.6. The summed E-state index contributed by atoms with van der Waals surface area (Å²) < 4.78 is 75.0. The first-order valence-corrected chi connectivity index (χ1v) is 10.0. The van der Waals surface area contributed by atoms with E-state index in [2.05, 4.69) is 4.18 Å². The molecule has 2 rings (SSSR count). The minimum absolute atomic E-state index is 0.00878. The summed E-state index contributed by atoms with van der Waals surface area (Å²) in [5.41, 5.74) is -5.85. The van der Waals surface area contributed by atoms with Crippen molar-refractivity contribution in [1.29, 1.82) is 0 Å². The molecule has 2 aromatic rings. The fourth-order valence-corrected chi connectivity index (χ4v) is 2.90. The first kappa shape index (κ1) is 23.2. The number of hydrogen-bond donors (Lipinski definition) is 0. The minimum Gasteiger partial charge on any atom is -0.462 e. The van der Waals surface area contributed by atoms with Crippen LogP contribution in [0.1, 0.15) is 34.6 Å². The van der Waals surface area contributed by atoms with E-state index in [1.165, 1.54) is 36.4 Å². The van der Waals surface area contributed by atoms with Crippen molar-refractivity contribution in [2.75, 3.05) is 13.2 Å². The van der Waals surface area contributed by atoms with Crippen molar-refractivity contribution in [3.05, 3.63) is 53.6 Å². The quantitative estimate of drug-likeness (QED) is 0.361. The molecule has 0 aliphatic carbocycles. The molecule has 162 valence electrons. The number of hydrogen-bond acceptors (Lipinski definition) is 7. The van der Waals surface area contributed by atoms with Crippen molar-refractivity contribution in [1.82, 2.24) is 0 Å². The highest BCUT2D eigenvalue weighted by atomic mass is 32.2. The van der Waals surface area contributed by atoms with E-state index >= 15 is 0 Å². The molecule has 0 spiro atoms. The average molecular weight is 446 g/mol. The van der Waals surface area contributed by atoms with Crippen LogP contribution in [0.5, 0.6) is 5.75 Å². The van der Waals surface area contributed by atoms with Gasteiger partial charge in [-0.15, -0.1) is 0 Å². The maximum absolute atomic E-state index is 12.7. The third-order valence-corrected chi connectivity index (χ3v) is 4.66. The monoisotopic (exact) mass is 446 g/mol. The van der Waals surface area contributed by atoms with Gasteiger partial charge in [-0.25, -0.2) is 9.59 Å². The van der Waals surface area contributed by atoms with E-state index in [4.69, 9.17) is 9.47 Å². The summed E-state index contributed by atoms with van der Waals surface area (Å²) in [5, 5.41) is 0. The second-order valence-corrected chi connectivity index (χ2v) is 7.22. The van der Waals surface area contributed by atoms with Crippen LogP contribution in [0.25, 0.3) is 11.1 Å². The lowest BCUT2D eigenvalue weighted by Crippen LogP contribution is -2.28. The molecule has 7 nitrogen and oxygen atoms in total. The first-order valence-electron chi connectivity index (χ1n) is 8.60. The zero-order valence-electron chi connectivity index (χ0n) is 15.9. The Morgan fingerprint density at radius 1 is 0.900 bits per heavy atom. The third-order valence-electron chi connectivity index (χ3n) is 3.69. The second-order valence-electron chi connectivity index (χ2n) is 5.68. The van der Waals surface area contributed by atoms with Crippen molar-refractivity contribution >= 4 is 22.1 Å². The molecule has 0 N–H and O–H groups in total. The first-order chi connectivity index (χ1) is 14.0. The Bertz CT molecular complexity index is 1050. The van der Waals surface area contributed by atoms with Crippen LogP contribution in [-0.4, -0.2) is 39.1 Å². The molecule has 2 aromatic carbocycles. The standard InChI is InChI=1S/C19H17F3O7S/c1-3-27-17(23)14-10-9-12(11-15(14)18(24)28-4-2)13-7-5-6-8-16(13)29-30(25,26)19(20,21)22/h5-11H,3-4H2,1-2H3. The van der Waals surface area contributed by atoms with E-state index in [-0.39, 0.29) is 35.5 Å². The van der Waals surface area contributed by atoms with Crippen LogP contribution < -0.4 is 4.18 Å². The van der Waals surface area contributed by atoms with E-state index in [0.29, 0.717) is 0 Å². The number of carbonyl (C=O) groups is 2. The summed E-state index contributed by atoms with van der Waals surface area (Å²) in [5.74, 6) is -2.26. The smallest absolute Gasteiger partial charge is 0.462 e. The third kappa shape index (κ3) is 5.09. The molecule has 30 heavy (non-hydrogen) atoms. The molecule has 0 atom stereocenters. The van der Waals surface area contributed by atoms with Gasteiger partial charge in [0, 0.05) is 5.56 Å². The lowest BCUT2D eigenvalue weighted by molar-refractivity contribution is -0.0499. The highest BCUT2D eigenvalue weighted by Gasteiger charge is 2.48. The van der Waals surface area contributed by atoms with Crippen LogP contribution >= 0.6 is 0 Å². The van der Waals surface area contributed by atoms with E-state index in [9.17, 15) is 31.2 Å². The molecule has 0 saturated carbocycles. The van der Waals surface area contributed by atoms with Crippen LogP contribution in [0.15, 0.2) is 42.5 Å². The van der Waals surface area contributed by atoms with E-state index in [1.807, 2.05) is 0 Å². The highest BCUT2D eigenvalue weighted by Crippen LogP contribution is 2.35. The Morgan fingerprint density at radius 2 is 1.47 bits per heavy atom. The number of carbonyl (C=O) groups excluding carboxylic acids is 2. The van der Waals surface area contributed by atoms with Crippen molar-refractivity contribution in [2.24, 2.45) is 0 Å². The molecule has 0 aliphatic rings. The predicted molar refractivity (Wildman–Crippen MR) is 99.4 cm³/mol. The fraction of sp³-hybridized carbons (Fsp3) is 0.263. The molecule has 0 amide bonds. The van der Waals surface area contributed by atoms with Crippen molar-refractivity contribution in [3.8, 4) is 16.9 Å². The number of alkyl halides is 3. The van der Waals surface area contributed by atoms with Crippen molar-refractivity contribution in [3.63, 3.8) is 0 Å². The number of halogens is 3. The summed E-state index contributed by atoms with van der Waals surface area (Å²) >= 11 is 0. The van der Waals surface area contributed by atoms with Crippen LogP contribution in [0.4, 0.5) is 13.2 Å². The van der Waals surface area contributed by atoms with Gasteiger partial charge in [0.05, 0.1) is 24.3 Å². The van der Waals surface area contributed by atoms with Gasteiger partial charge in [0.15, 0.2) is 5.75 Å². The van der Waals surface area contributed by atoms with Gasteiger partial charge in [0.25, 0.3) is 0 Å². The Labute approximate surface area is 170 Å². The van der Waals surface area contributed by atoms with Crippen LogP contribution in [-0.2, 0) is 19.6 Å². The lowest BCUT2D eigenvalue weighted by Gasteiger charge is -2.14. The van der Waals surface area contributed by atoms with Gasteiger partial charge < -0.3 is 13.7 Å². The molecule has 0 unspecified atom stereocenters. The molecule has 0 aromatic heterocycles. The van der Waals surface area contributed by atoms with Gasteiger partial charge in [0.2, 0.25) is 0 Å². The van der Waals surface area contributed by atoms with Gasteiger partial charge >= 0.3 is 27.6 Å². The van der Waals surface area contributed by atoms with Crippen LogP contribution in [0.3, 0.4) is 0 Å². The van der Waals surface area contributed by atoms with E-state index < -0.39 is 33.3 Å². The maximum atomic E-state index is 12.7. The fourth-order valence-electron chi connectivity index (χ4n) is 2.42. The zero-order chi connectivity index (χ0) is 22.5. The Hall–Kier alpha value is -3.08. The number of ether oxygens (including phenoxy) is 2. The predicted octanol–water partition coefficient (Wildman–Crippen LogP) is 3.94. The zero-order valence-corrected chi connectivity index (χ0v) is 16.7. The molecule has 0 heterocycles. The molecule has 0 aliphatic heterocycles. The number of para-hydroxylation sites is 1. The van der Waals surface area contributed by atoms with Crippen LogP contribution in [0.2, 0.25) is 0 Å². The van der Waals surface area contributed by atoms with Gasteiger partial charge in [-0.1, -0.05) is 24.3 Å². The van der Waals surface area contributed by atoms with E-state index in [0.717, 1.165) is 6.07 Å². The second kappa shape index (κ2) is 9.16. The summed E-state index contributed by atoms with van der Waals surface area (Å²) in [4.78, 5) is 24.4. The van der Waals surface area contributed by atoms with Crippen LogP contribution in [0, 0.1) is 0 Å². The molecular weight excluding hydrogens is 429 g/mol. The topological polar surface area (TPSA) is 96.0 Å². The summed E-state index contributed by atoms with van der Waals surface area (Å²) in [6.45, 7) is 3.19. The molecule has 0 radical (unpaired) electrons. The Balaban J connectivity index is 2.59. The lowest BCUT2D eigenvalue weighted by atomic mass is 9.98. The summed E-state index contributed by atoms with van der Waals surface area (Å²) in [7, 11) is -5.91. The minimum atomic E-state index is -5.91. The Morgan fingerprint density at radius 3 is 2.03 bits per heavy atom. The maximum Gasteiger partial charge on any atom is 0.534 e. The van der Waals surface area contributed by atoms with E-state index in [1.54, 1.807) is 13.8 Å². The SMILES string of the molecule is CCOC(=O)c1ccc(-c2ccccc2OS(=O)(=O)C(F)(F)F)cc1C(=O)OCC. The average Bonchev–Trinajstić information content (AvgIpc) is 2.67. The molecule has 0 saturated heterocycles. The largest absolute Gasteiger partial charge is 0.534 e. The number of rotatable bonds is 7. The molecule has 0 bridgehead atoms. The summed E-state index contributed by atoms with van der Waals surface area (Å²) in [6.07, 6.45) is 0. The van der Waals surface area contributed by atoms with Gasteiger partial charge in [-0.3, -0.25) is 0 Å². The van der Waals surface area contributed by atoms with Gasteiger partial charge in [-0.05, 0) is 37.6 Å². The van der Waals surface area contributed by atoms with Gasteiger partial charge in [0.1, 0.15) is 0 Å². The Kier molecular flexibility index (Phi) is 7.08. The van der Waals surface area contributed by atoms with Gasteiger partial charge in [-0.2, -0.15) is 21.6 Å².